The second-order valence-electron chi connectivity index (χ2n) is 9.17. The number of imidazole rings is 1. The third kappa shape index (κ3) is 3.42. The summed E-state index contributed by atoms with van der Waals surface area (Å²) < 4.78 is 2.15. The van der Waals surface area contributed by atoms with Crippen LogP contribution in [0.2, 0.25) is 0 Å². The maximum absolute atomic E-state index is 13.3. The number of hydrogen-bond acceptors (Lipinski definition) is 3. The quantitative estimate of drug-likeness (QED) is 0.843. The van der Waals surface area contributed by atoms with Crippen molar-refractivity contribution in [2.24, 2.45) is 11.7 Å². The molecule has 1 saturated carbocycles. The zero-order valence-corrected chi connectivity index (χ0v) is 17.4. The summed E-state index contributed by atoms with van der Waals surface area (Å²) in [4.78, 5) is 32.3. The van der Waals surface area contributed by atoms with E-state index in [0.717, 1.165) is 29.9 Å². The topological polar surface area (TPSA) is 81.2 Å². The molecule has 1 aliphatic carbocycles. The van der Waals surface area contributed by atoms with Gasteiger partial charge in [0.1, 0.15) is 11.5 Å². The second kappa shape index (κ2) is 7.89. The lowest BCUT2D eigenvalue weighted by Gasteiger charge is -2.31. The van der Waals surface area contributed by atoms with Crippen LogP contribution in [0.4, 0.5) is 0 Å². The lowest BCUT2D eigenvalue weighted by Crippen LogP contribution is -2.43. The fourth-order valence-electron chi connectivity index (χ4n) is 5.82. The molecule has 2 atom stereocenters. The van der Waals surface area contributed by atoms with Crippen molar-refractivity contribution in [1.29, 1.82) is 0 Å². The number of rotatable bonds is 4. The van der Waals surface area contributed by atoms with Crippen molar-refractivity contribution in [2.45, 2.75) is 76.4 Å². The van der Waals surface area contributed by atoms with Gasteiger partial charge in [0.2, 0.25) is 5.91 Å². The Bertz CT molecular complexity index is 946. The van der Waals surface area contributed by atoms with Crippen LogP contribution in [0.1, 0.15) is 67.5 Å². The fraction of sp³-hybridized carbons (Fsp3) is 0.542. The van der Waals surface area contributed by atoms with Gasteiger partial charge in [-0.05, 0) is 31.6 Å². The predicted octanol–water partition coefficient (Wildman–Crippen LogP) is 3.54. The molecular formula is C24H30N4O2. The summed E-state index contributed by atoms with van der Waals surface area (Å²) in [6.45, 7) is 0.687. The van der Waals surface area contributed by atoms with Gasteiger partial charge in [-0.3, -0.25) is 9.59 Å². The van der Waals surface area contributed by atoms with Crippen LogP contribution in [0.5, 0.6) is 0 Å². The average molecular weight is 407 g/mol. The minimum Gasteiger partial charge on any atom is -0.364 e. The summed E-state index contributed by atoms with van der Waals surface area (Å²) in [5.41, 5.74) is 7.93. The zero-order valence-electron chi connectivity index (χ0n) is 17.4. The molecule has 3 heterocycles. The van der Waals surface area contributed by atoms with Crippen LogP contribution in [0.15, 0.2) is 30.3 Å². The van der Waals surface area contributed by atoms with E-state index in [1.54, 1.807) is 0 Å². The molecule has 2 aliphatic heterocycles. The van der Waals surface area contributed by atoms with Crippen molar-refractivity contribution in [2.75, 3.05) is 0 Å². The first-order valence-corrected chi connectivity index (χ1v) is 11.4. The van der Waals surface area contributed by atoms with Gasteiger partial charge < -0.3 is 15.2 Å². The van der Waals surface area contributed by atoms with Crippen LogP contribution in [-0.4, -0.2) is 38.3 Å². The van der Waals surface area contributed by atoms with Crippen LogP contribution in [0.25, 0.3) is 11.4 Å². The predicted molar refractivity (Wildman–Crippen MR) is 115 cm³/mol. The fourth-order valence-corrected chi connectivity index (χ4v) is 5.82. The standard InChI is InChI=1S/C24H30N4O2/c25-23(30)22-20-14-18-11-12-19(28(18)21(29)13-16-7-3-1-4-8-16)15-27(20)24(26-22)17-9-5-2-6-10-17/h2,5-6,9-10,16,18-19H,1,3-4,7-8,11-15H2,(H2,25,30). The number of benzene rings is 1. The van der Waals surface area contributed by atoms with E-state index in [4.69, 9.17) is 5.73 Å². The molecule has 6 heteroatoms. The highest BCUT2D eigenvalue weighted by molar-refractivity contribution is 5.93. The van der Waals surface area contributed by atoms with Crippen LogP contribution in [0.3, 0.4) is 0 Å². The van der Waals surface area contributed by atoms with E-state index in [9.17, 15) is 9.59 Å². The molecule has 1 saturated heterocycles. The van der Waals surface area contributed by atoms with Crippen molar-refractivity contribution in [1.82, 2.24) is 14.5 Å². The highest BCUT2D eigenvalue weighted by Crippen LogP contribution is 2.37. The Hall–Kier alpha value is -2.63. The molecular weight excluding hydrogens is 376 g/mol. The van der Waals surface area contributed by atoms with Gasteiger partial charge >= 0.3 is 0 Å². The summed E-state index contributed by atoms with van der Waals surface area (Å²) in [5.74, 6) is 1.14. The Kier molecular flexibility index (Phi) is 5.09. The van der Waals surface area contributed by atoms with Gasteiger partial charge in [-0.1, -0.05) is 49.6 Å². The summed E-state index contributed by atoms with van der Waals surface area (Å²) in [6.07, 6.45) is 9.52. The largest absolute Gasteiger partial charge is 0.364 e. The molecule has 0 spiro atoms. The molecule has 5 rings (SSSR count). The number of carbonyl (C=O) groups excluding carboxylic acids is 2. The number of fused-ring (bicyclic) bond motifs is 3. The first kappa shape index (κ1) is 19.3. The molecule has 2 N–H and O–H groups in total. The number of nitrogens with zero attached hydrogens (tertiary/aromatic N) is 3. The Labute approximate surface area is 177 Å². The Morgan fingerprint density at radius 2 is 1.73 bits per heavy atom. The molecule has 3 aliphatic rings. The van der Waals surface area contributed by atoms with Crippen molar-refractivity contribution in [3.8, 4) is 11.4 Å². The number of aromatic nitrogens is 2. The first-order chi connectivity index (χ1) is 14.6. The summed E-state index contributed by atoms with van der Waals surface area (Å²) >= 11 is 0. The van der Waals surface area contributed by atoms with Crippen LogP contribution >= 0.6 is 0 Å². The van der Waals surface area contributed by atoms with E-state index < -0.39 is 5.91 Å². The van der Waals surface area contributed by atoms with E-state index in [1.165, 1.54) is 32.1 Å². The van der Waals surface area contributed by atoms with Gasteiger partial charge in [0.05, 0.1) is 11.7 Å². The molecule has 6 nitrogen and oxygen atoms in total. The summed E-state index contributed by atoms with van der Waals surface area (Å²) in [5, 5.41) is 0. The molecule has 1 aromatic carbocycles. The highest BCUT2D eigenvalue weighted by Gasteiger charge is 2.42. The van der Waals surface area contributed by atoms with Crippen LogP contribution in [-0.2, 0) is 17.8 Å². The molecule has 2 amide bonds. The number of amides is 2. The third-order valence-corrected chi connectivity index (χ3v) is 7.26. The SMILES string of the molecule is NC(=O)c1nc(-c2ccccc2)n2c1CC1CCC(C2)N1C(=O)CC1CCCCC1. The van der Waals surface area contributed by atoms with Crippen molar-refractivity contribution >= 4 is 11.8 Å². The van der Waals surface area contributed by atoms with Crippen molar-refractivity contribution in [3.63, 3.8) is 0 Å². The molecule has 2 aromatic rings. The van der Waals surface area contributed by atoms with E-state index in [1.807, 2.05) is 30.3 Å². The van der Waals surface area contributed by atoms with Crippen LogP contribution < -0.4 is 5.73 Å². The second-order valence-corrected chi connectivity index (χ2v) is 9.17. The minimum atomic E-state index is -0.487. The molecule has 2 unspecified atom stereocenters. The maximum atomic E-state index is 13.3. The number of carbonyl (C=O) groups is 2. The van der Waals surface area contributed by atoms with E-state index in [0.29, 0.717) is 36.9 Å². The summed E-state index contributed by atoms with van der Waals surface area (Å²) in [6, 6.07) is 10.3. The van der Waals surface area contributed by atoms with Gasteiger partial charge in [-0.2, -0.15) is 0 Å². The molecule has 0 radical (unpaired) electrons. The molecule has 1 aromatic heterocycles. The molecule has 2 fully saturated rings. The lowest BCUT2D eigenvalue weighted by molar-refractivity contribution is -0.135. The molecule has 2 bridgehead atoms. The Morgan fingerprint density at radius 1 is 1.00 bits per heavy atom. The van der Waals surface area contributed by atoms with Gasteiger partial charge in [0.25, 0.3) is 5.91 Å². The third-order valence-electron chi connectivity index (χ3n) is 7.26. The molecule has 30 heavy (non-hydrogen) atoms. The van der Waals surface area contributed by atoms with E-state index in [2.05, 4.69) is 14.5 Å². The maximum Gasteiger partial charge on any atom is 0.269 e. The Morgan fingerprint density at radius 3 is 2.47 bits per heavy atom. The van der Waals surface area contributed by atoms with E-state index in [-0.39, 0.29) is 12.1 Å². The number of primary amides is 1. The summed E-state index contributed by atoms with van der Waals surface area (Å²) in [7, 11) is 0. The van der Waals surface area contributed by atoms with Gasteiger partial charge in [0.15, 0.2) is 0 Å². The lowest BCUT2D eigenvalue weighted by atomic mass is 9.86. The number of nitrogens with two attached hydrogens (primary N) is 1. The monoisotopic (exact) mass is 406 g/mol. The van der Waals surface area contributed by atoms with Gasteiger partial charge in [-0.25, -0.2) is 4.98 Å². The van der Waals surface area contributed by atoms with E-state index >= 15 is 0 Å². The van der Waals surface area contributed by atoms with Crippen molar-refractivity contribution < 1.29 is 9.59 Å². The van der Waals surface area contributed by atoms with Gasteiger partial charge in [0, 0.05) is 31.0 Å². The first-order valence-electron chi connectivity index (χ1n) is 11.4. The Balaban J connectivity index is 1.46. The number of hydrogen-bond donors (Lipinski definition) is 1. The highest BCUT2D eigenvalue weighted by atomic mass is 16.2. The average Bonchev–Trinajstić information content (AvgIpc) is 3.26. The minimum absolute atomic E-state index is 0.144. The smallest absolute Gasteiger partial charge is 0.269 e. The normalized spacial score (nSPS) is 23.8. The zero-order chi connectivity index (χ0) is 20.7. The van der Waals surface area contributed by atoms with Gasteiger partial charge in [-0.15, -0.1) is 0 Å². The molecule has 158 valence electrons. The van der Waals surface area contributed by atoms with Crippen LogP contribution in [0, 0.1) is 5.92 Å². The van der Waals surface area contributed by atoms with Crippen molar-refractivity contribution in [3.05, 3.63) is 41.7 Å².